The molecular formula is C25H33N3O3. The van der Waals surface area contributed by atoms with Gasteiger partial charge in [0.1, 0.15) is 12.4 Å². The van der Waals surface area contributed by atoms with Gasteiger partial charge in [-0.1, -0.05) is 38.1 Å². The predicted octanol–water partition coefficient (Wildman–Crippen LogP) is 3.72. The number of hydrogen-bond donors (Lipinski definition) is 2. The van der Waals surface area contributed by atoms with E-state index >= 15 is 0 Å². The van der Waals surface area contributed by atoms with E-state index in [4.69, 9.17) is 4.74 Å². The highest BCUT2D eigenvalue weighted by Gasteiger charge is 2.26. The number of nitrogens with zero attached hydrogens (tertiary/aromatic N) is 1. The molecule has 2 aromatic rings. The van der Waals surface area contributed by atoms with Crippen LogP contribution < -0.4 is 15.4 Å². The lowest BCUT2D eigenvalue weighted by Gasteiger charge is -2.35. The Hall–Kier alpha value is -3.02. The van der Waals surface area contributed by atoms with Crippen molar-refractivity contribution in [3.05, 3.63) is 59.7 Å². The molecule has 0 saturated carbocycles. The van der Waals surface area contributed by atoms with E-state index in [1.165, 1.54) is 0 Å². The number of nitrogens with one attached hydrogen (secondary N) is 2. The van der Waals surface area contributed by atoms with Gasteiger partial charge in [0.15, 0.2) is 0 Å². The van der Waals surface area contributed by atoms with Crippen molar-refractivity contribution >= 4 is 17.5 Å². The number of benzene rings is 2. The van der Waals surface area contributed by atoms with Crippen molar-refractivity contribution in [1.82, 2.24) is 10.2 Å². The Morgan fingerprint density at radius 2 is 1.77 bits per heavy atom. The van der Waals surface area contributed by atoms with Crippen LogP contribution in [-0.4, -0.2) is 49.5 Å². The SMILES string of the molecule is Cc1ccc(C(=O)N2CC(C)CC(C)C2)cc1NCC(=O)NCCOc1ccccc1. The summed E-state index contributed by atoms with van der Waals surface area (Å²) in [5.74, 6) is 1.76. The second kappa shape index (κ2) is 10.8. The summed E-state index contributed by atoms with van der Waals surface area (Å²) in [5, 5.41) is 6.00. The lowest BCUT2D eigenvalue weighted by molar-refractivity contribution is -0.119. The van der Waals surface area contributed by atoms with Gasteiger partial charge in [0, 0.05) is 24.3 Å². The summed E-state index contributed by atoms with van der Waals surface area (Å²) in [4.78, 5) is 27.1. The van der Waals surface area contributed by atoms with Gasteiger partial charge in [-0.05, 0) is 55.0 Å². The van der Waals surface area contributed by atoms with Crippen LogP contribution >= 0.6 is 0 Å². The summed E-state index contributed by atoms with van der Waals surface area (Å²) in [5.41, 5.74) is 2.46. The first-order valence-corrected chi connectivity index (χ1v) is 11.0. The zero-order chi connectivity index (χ0) is 22.2. The number of likely N-dealkylation sites (tertiary alicyclic amines) is 1. The number of carbonyl (C=O) groups excluding carboxylic acids is 2. The topological polar surface area (TPSA) is 70.7 Å². The summed E-state index contributed by atoms with van der Waals surface area (Å²) in [6.45, 7) is 8.93. The van der Waals surface area contributed by atoms with Crippen LogP contribution in [0.2, 0.25) is 0 Å². The number of amides is 2. The Balaban J connectivity index is 1.48. The molecular weight excluding hydrogens is 390 g/mol. The molecule has 166 valence electrons. The average Bonchev–Trinajstić information content (AvgIpc) is 2.75. The minimum absolute atomic E-state index is 0.0592. The van der Waals surface area contributed by atoms with E-state index in [2.05, 4.69) is 24.5 Å². The lowest BCUT2D eigenvalue weighted by Crippen LogP contribution is -2.42. The van der Waals surface area contributed by atoms with Crippen LogP contribution in [0.25, 0.3) is 0 Å². The van der Waals surface area contributed by atoms with Crippen molar-refractivity contribution in [3.63, 3.8) is 0 Å². The first-order chi connectivity index (χ1) is 14.9. The van der Waals surface area contributed by atoms with Gasteiger partial charge in [0.05, 0.1) is 13.1 Å². The van der Waals surface area contributed by atoms with E-state index in [1.807, 2.05) is 60.4 Å². The molecule has 2 amide bonds. The first kappa shape index (κ1) is 22.7. The molecule has 1 fully saturated rings. The zero-order valence-corrected chi connectivity index (χ0v) is 18.7. The molecule has 3 rings (SSSR count). The third kappa shape index (κ3) is 6.74. The molecule has 1 aliphatic rings. The van der Waals surface area contributed by atoms with Crippen molar-refractivity contribution in [2.75, 3.05) is 38.1 Å². The fourth-order valence-electron chi connectivity index (χ4n) is 4.07. The van der Waals surface area contributed by atoms with Crippen LogP contribution in [0.4, 0.5) is 5.69 Å². The summed E-state index contributed by atoms with van der Waals surface area (Å²) in [6.07, 6.45) is 1.16. The molecule has 0 spiro atoms. The highest BCUT2D eigenvalue weighted by atomic mass is 16.5. The van der Waals surface area contributed by atoms with Crippen LogP contribution in [0.5, 0.6) is 5.75 Å². The number of piperidine rings is 1. The maximum atomic E-state index is 13.0. The van der Waals surface area contributed by atoms with Crippen molar-refractivity contribution in [3.8, 4) is 5.75 Å². The number of para-hydroxylation sites is 1. The molecule has 0 radical (unpaired) electrons. The van der Waals surface area contributed by atoms with Gasteiger partial charge in [0.25, 0.3) is 5.91 Å². The fourth-order valence-corrected chi connectivity index (χ4v) is 4.07. The molecule has 0 aromatic heterocycles. The summed E-state index contributed by atoms with van der Waals surface area (Å²) in [7, 11) is 0. The third-order valence-electron chi connectivity index (χ3n) is 5.52. The number of aryl methyl sites for hydroxylation is 1. The normalized spacial score (nSPS) is 18.4. The van der Waals surface area contributed by atoms with Gasteiger partial charge in [-0.3, -0.25) is 9.59 Å². The maximum absolute atomic E-state index is 13.0. The molecule has 2 atom stereocenters. The number of hydrogen-bond acceptors (Lipinski definition) is 4. The first-order valence-electron chi connectivity index (χ1n) is 11.0. The van der Waals surface area contributed by atoms with Crippen LogP contribution in [0.1, 0.15) is 36.2 Å². The largest absolute Gasteiger partial charge is 0.492 e. The maximum Gasteiger partial charge on any atom is 0.253 e. The van der Waals surface area contributed by atoms with E-state index in [1.54, 1.807) is 0 Å². The van der Waals surface area contributed by atoms with E-state index in [9.17, 15) is 9.59 Å². The Morgan fingerprint density at radius 3 is 2.48 bits per heavy atom. The Labute approximate surface area is 185 Å². The van der Waals surface area contributed by atoms with Crippen molar-refractivity contribution in [2.45, 2.75) is 27.2 Å². The molecule has 2 aromatic carbocycles. The highest BCUT2D eigenvalue weighted by molar-refractivity contribution is 5.95. The standard InChI is InChI=1S/C25H33N3O3/c1-18-13-19(2)17-28(16-18)25(30)21-10-9-20(3)23(14-21)27-15-24(29)26-11-12-31-22-7-5-4-6-8-22/h4-10,14,18-19,27H,11-13,15-17H2,1-3H3,(H,26,29). The van der Waals surface area contributed by atoms with Crippen LogP contribution in [0, 0.1) is 18.8 Å². The van der Waals surface area contributed by atoms with Gasteiger partial charge >= 0.3 is 0 Å². The molecule has 1 saturated heterocycles. The molecule has 2 N–H and O–H groups in total. The molecule has 6 heteroatoms. The third-order valence-corrected chi connectivity index (χ3v) is 5.52. The Bertz CT molecular complexity index is 875. The molecule has 1 heterocycles. The van der Waals surface area contributed by atoms with E-state index in [0.29, 0.717) is 30.6 Å². The lowest BCUT2D eigenvalue weighted by atomic mass is 9.91. The second-order valence-corrected chi connectivity index (χ2v) is 8.55. The Kier molecular flexibility index (Phi) is 7.93. The van der Waals surface area contributed by atoms with E-state index in [-0.39, 0.29) is 18.4 Å². The molecule has 2 unspecified atom stereocenters. The highest BCUT2D eigenvalue weighted by Crippen LogP contribution is 2.24. The predicted molar refractivity (Wildman–Crippen MR) is 123 cm³/mol. The molecule has 1 aliphatic heterocycles. The molecule has 31 heavy (non-hydrogen) atoms. The zero-order valence-electron chi connectivity index (χ0n) is 18.7. The second-order valence-electron chi connectivity index (χ2n) is 8.55. The van der Waals surface area contributed by atoms with Crippen LogP contribution in [0.15, 0.2) is 48.5 Å². The number of carbonyl (C=O) groups is 2. The van der Waals surface area contributed by atoms with Gasteiger partial charge in [-0.15, -0.1) is 0 Å². The number of rotatable bonds is 8. The van der Waals surface area contributed by atoms with Crippen molar-refractivity contribution < 1.29 is 14.3 Å². The molecule has 6 nitrogen and oxygen atoms in total. The molecule has 0 bridgehead atoms. The summed E-state index contributed by atoms with van der Waals surface area (Å²) >= 11 is 0. The summed E-state index contributed by atoms with van der Waals surface area (Å²) in [6, 6.07) is 15.2. The Morgan fingerprint density at radius 1 is 1.06 bits per heavy atom. The summed E-state index contributed by atoms with van der Waals surface area (Å²) < 4.78 is 5.58. The van der Waals surface area contributed by atoms with Crippen LogP contribution in [0.3, 0.4) is 0 Å². The monoisotopic (exact) mass is 423 g/mol. The van der Waals surface area contributed by atoms with Gasteiger partial charge in [-0.25, -0.2) is 0 Å². The van der Waals surface area contributed by atoms with Gasteiger partial charge < -0.3 is 20.3 Å². The van der Waals surface area contributed by atoms with Crippen molar-refractivity contribution in [1.29, 1.82) is 0 Å². The van der Waals surface area contributed by atoms with Gasteiger partial charge in [0.2, 0.25) is 5.91 Å². The van der Waals surface area contributed by atoms with E-state index in [0.717, 1.165) is 36.5 Å². The number of ether oxygens (including phenoxy) is 1. The van der Waals surface area contributed by atoms with E-state index < -0.39 is 0 Å². The smallest absolute Gasteiger partial charge is 0.253 e. The van der Waals surface area contributed by atoms with Crippen LogP contribution in [-0.2, 0) is 4.79 Å². The number of anilines is 1. The van der Waals surface area contributed by atoms with Gasteiger partial charge in [-0.2, -0.15) is 0 Å². The minimum Gasteiger partial charge on any atom is -0.492 e. The quantitative estimate of drug-likeness (QED) is 0.635. The minimum atomic E-state index is -0.119. The molecule has 0 aliphatic carbocycles. The average molecular weight is 424 g/mol. The van der Waals surface area contributed by atoms with Crippen molar-refractivity contribution in [2.24, 2.45) is 11.8 Å². The fraction of sp³-hybridized carbons (Fsp3) is 0.440.